The summed E-state index contributed by atoms with van der Waals surface area (Å²) in [5.74, 6) is -1.46. The van der Waals surface area contributed by atoms with Gasteiger partial charge in [0.1, 0.15) is 6.54 Å². The van der Waals surface area contributed by atoms with E-state index in [1.807, 2.05) is 20.8 Å². The zero-order chi connectivity index (χ0) is 13.2. The molecule has 94 valence electrons. The largest absolute Gasteiger partial charge is 0.476 e. The van der Waals surface area contributed by atoms with Crippen LogP contribution in [0.5, 0.6) is 0 Å². The van der Waals surface area contributed by atoms with Gasteiger partial charge in [-0.3, -0.25) is 9.48 Å². The molecule has 1 amide bonds. The van der Waals surface area contributed by atoms with Crippen LogP contribution in [0.2, 0.25) is 0 Å². The molecule has 7 nitrogen and oxygen atoms in total. The summed E-state index contributed by atoms with van der Waals surface area (Å²) < 4.78 is 1.21. The summed E-state index contributed by atoms with van der Waals surface area (Å²) in [7, 11) is 0. The van der Waals surface area contributed by atoms with Crippen LogP contribution in [-0.4, -0.2) is 32.3 Å². The second-order valence-electron chi connectivity index (χ2n) is 4.73. The molecule has 0 spiro atoms. The van der Waals surface area contributed by atoms with Crippen LogP contribution >= 0.6 is 0 Å². The molecule has 0 bridgehead atoms. The number of nitrogen functional groups attached to an aromatic ring is 1. The van der Waals surface area contributed by atoms with Crippen LogP contribution in [0.25, 0.3) is 0 Å². The third-order valence-corrected chi connectivity index (χ3v) is 1.81. The molecule has 0 aromatic carbocycles. The highest BCUT2D eigenvalue weighted by atomic mass is 16.4. The molecule has 7 heteroatoms. The van der Waals surface area contributed by atoms with Crippen molar-refractivity contribution in [3.63, 3.8) is 0 Å². The lowest BCUT2D eigenvalue weighted by Crippen LogP contribution is -2.42. The maximum absolute atomic E-state index is 11.6. The Kier molecular flexibility index (Phi) is 3.40. The number of carboxylic acids is 1. The molecule has 0 atom stereocenters. The molecule has 4 N–H and O–H groups in total. The van der Waals surface area contributed by atoms with Crippen LogP contribution in [0, 0.1) is 0 Å². The van der Waals surface area contributed by atoms with E-state index in [-0.39, 0.29) is 29.4 Å². The first-order chi connectivity index (χ1) is 7.69. The van der Waals surface area contributed by atoms with E-state index in [0.29, 0.717) is 0 Å². The van der Waals surface area contributed by atoms with Crippen LogP contribution in [0.1, 0.15) is 31.3 Å². The predicted molar refractivity (Wildman–Crippen MR) is 61.5 cm³/mol. The maximum Gasteiger partial charge on any atom is 0.358 e. The van der Waals surface area contributed by atoms with Crippen molar-refractivity contribution in [3.05, 3.63) is 11.9 Å². The minimum absolute atomic E-state index is 0.0426. The Morgan fingerprint density at radius 3 is 2.53 bits per heavy atom. The van der Waals surface area contributed by atoms with Crippen LogP contribution in [0.15, 0.2) is 6.20 Å². The van der Waals surface area contributed by atoms with Crippen LogP contribution in [-0.2, 0) is 11.3 Å². The quantitative estimate of drug-likeness (QED) is 0.692. The van der Waals surface area contributed by atoms with Crippen molar-refractivity contribution in [3.8, 4) is 0 Å². The van der Waals surface area contributed by atoms with Gasteiger partial charge in [0.15, 0.2) is 5.69 Å². The zero-order valence-electron chi connectivity index (χ0n) is 10.0. The molecule has 1 aromatic heterocycles. The third-order valence-electron chi connectivity index (χ3n) is 1.81. The molecule has 1 aromatic rings. The van der Waals surface area contributed by atoms with Gasteiger partial charge >= 0.3 is 5.97 Å². The van der Waals surface area contributed by atoms with Gasteiger partial charge in [-0.05, 0) is 20.8 Å². The van der Waals surface area contributed by atoms with Gasteiger partial charge in [-0.25, -0.2) is 4.79 Å². The van der Waals surface area contributed by atoms with Crippen LogP contribution in [0.4, 0.5) is 5.69 Å². The van der Waals surface area contributed by atoms with Crippen LogP contribution in [0.3, 0.4) is 0 Å². The fourth-order valence-corrected chi connectivity index (χ4v) is 1.29. The molecule has 0 aliphatic heterocycles. The summed E-state index contributed by atoms with van der Waals surface area (Å²) >= 11 is 0. The number of aromatic carboxylic acids is 1. The second kappa shape index (κ2) is 4.44. The van der Waals surface area contributed by atoms with E-state index in [1.54, 1.807) is 0 Å². The topological polar surface area (TPSA) is 110 Å². The molecule has 0 aliphatic carbocycles. The summed E-state index contributed by atoms with van der Waals surface area (Å²) in [4.78, 5) is 22.3. The second-order valence-corrected chi connectivity index (χ2v) is 4.73. The Bertz CT molecular complexity index is 445. The van der Waals surface area contributed by atoms with Crippen molar-refractivity contribution in [1.82, 2.24) is 15.1 Å². The van der Waals surface area contributed by atoms with E-state index in [2.05, 4.69) is 10.4 Å². The molecule has 1 heterocycles. The van der Waals surface area contributed by atoms with Crippen molar-refractivity contribution in [2.75, 3.05) is 5.73 Å². The molecule has 0 fully saturated rings. The standard InChI is InChI=1S/C10H16N4O3/c1-10(2,3)12-7(15)5-14-4-6(11)8(13-14)9(16)17/h4H,5,11H2,1-3H3,(H,12,15)(H,16,17). The molecule has 0 unspecified atom stereocenters. The van der Waals surface area contributed by atoms with Crippen molar-refractivity contribution in [2.24, 2.45) is 0 Å². The Balaban J connectivity index is 2.73. The summed E-state index contributed by atoms with van der Waals surface area (Å²) in [6.45, 7) is 5.50. The Morgan fingerprint density at radius 1 is 1.53 bits per heavy atom. The maximum atomic E-state index is 11.6. The van der Waals surface area contributed by atoms with E-state index in [4.69, 9.17) is 10.8 Å². The average Bonchev–Trinajstić information content (AvgIpc) is 2.42. The first-order valence-corrected chi connectivity index (χ1v) is 5.06. The summed E-state index contributed by atoms with van der Waals surface area (Å²) in [6.07, 6.45) is 1.33. The number of nitrogens with one attached hydrogen (secondary N) is 1. The predicted octanol–water partition coefficient (Wildman–Crippen LogP) is 0.0782. The number of hydrogen-bond donors (Lipinski definition) is 3. The number of carbonyl (C=O) groups excluding carboxylic acids is 1. The lowest BCUT2D eigenvalue weighted by Gasteiger charge is -2.20. The summed E-state index contributed by atoms with van der Waals surface area (Å²) in [5.41, 5.74) is 4.91. The molecule has 0 saturated heterocycles. The van der Waals surface area contributed by atoms with Gasteiger partial charge in [0.2, 0.25) is 5.91 Å². The van der Waals surface area contributed by atoms with E-state index < -0.39 is 5.97 Å². The fourth-order valence-electron chi connectivity index (χ4n) is 1.29. The number of anilines is 1. The van der Waals surface area contributed by atoms with Gasteiger partial charge < -0.3 is 16.2 Å². The normalized spacial score (nSPS) is 11.2. The van der Waals surface area contributed by atoms with Gasteiger partial charge in [-0.1, -0.05) is 0 Å². The Morgan fingerprint density at radius 2 is 2.12 bits per heavy atom. The number of carboxylic acid groups (broad SMARTS) is 1. The lowest BCUT2D eigenvalue weighted by atomic mass is 10.1. The van der Waals surface area contributed by atoms with Gasteiger partial charge in [-0.2, -0.15) is 5.10 Å². The van der Waals surface area contributed by atoms with Crippen molar-refractivity contribution in [2.45, 2.75) is 32.9 Å². The Hall–Kier alpha value is -2.05. The molecule has 1 rings (SSSR count). The summed E-state index contributed by atoms with van der Waals surface area (Å²) in [6, 6.07) is 0. The number of carbonyl (C=O) groups is 2. The minimum atomic E-state index is -1.21. The smallest absolute Gasteiger partial charge is 0.358 e. The van der Waals surface area contributed by atoms with E-state index in [0.717, 1.165) is 0 Å². The first-order valence-electron chi connectivity index (χ1n) is 5.06. The minimum Gasteiger partial charge on any atom is -0.476 e. The number of aromatic nitrogens is 2. The van der Waals surface area contributed by atoms with Crippen molar-refractivity contribution >= 4 is 17.6 Å². The molecule has 0 aliphatic rings. The van der Waals surface area contributed by atoms with Crippen LogP contribution < -0.4 is 11.1 Å². The number of nitrogens with two attached hydrogens (primary N) is 1. The molecule has 17 heavy (non-hydrogen) atoms. The lowest BCUT2D eigenvalue weighted by molar-refractivity contribution is -0.123. The van der Waals surface area contributed by atoms with Gasteiger partial charge in [0.25, 0.3) is 0 Å². The highest BCUT2D eigenvalue weighted by molar-refractivity contribution is 5.91. The molecular formula is C10H16N4O3. The third kappa shape index (κ3) is 3.78. The van der Waals surface area contributed by atoms with Gasteiger partial charge in [-0.15, -0.1) is 0 Å². The highest BCUT2D eigenvalue weighted by Gasteiger charge is 2.17. The molecular weight excluding hydrogens is 224 g/mol. The van der Waals surface area contributed by atoms with Gasteiger partial charge in [0.05, 0.1) is 5.69 Å². The van der Waals surface area contributed by atoms with E-state index in [9.17, 15) is 9.59 Å². The summed E-state index contributed by atoms with van der Waals surface area (Å²) in [5, 5.41) is 15.2. The molecule has 0 radical (unpaired) electrons. The number of rotatable bonds is 3. The number of amides is 1. The monoisotopic (exact) mass is 240 g/mol. The van der Waals surface area contributed by atoms with Crippen molar-refractivity contribution < 1.29 is 14.7 Å². The number of nitrogens with zero attached hydrogens (tertiary/aromatic N) is 2. The zero-order valence-corrected chi connectivity index (χ0v) is 10.0. The molecule has 0 saturated carbocycles. The SMILES string of the molecule is CC(C)(C)NC(=O)Cn1cc(N)c(C(=O)O)n1. The number of hydrogen-bond acceptors (Lipinski definition) is 4. The average molecular weight is 240 g/mol. The van der Waals surface area contributed by atoms with E-state index >= 15 is 0 Å². The van der Waals surface area contributed by atoms with Gasteiger partial charge in [0, 0.05) is 11.7 Å². The highest BCUT2D eigenvalue weighted by Crippen LogP contribution is 2.08. The fraction of sp³-hybridized carbons (Fsp3) is 0.500. The van der Waals surface area contributed by atoms with Crippen molar-refractivity contribution in [1.29, 1.82) is 0 Å². The first kappa shape index (κ1) is 13.0. The Labute approximate surface area is 98.6 Å². The van der Waals surface area contributed by atoms with E-state index in [1.165, 1.54) is 10.9 Å².